The zero-order valence-corrected chi connectivity index (χ0v) is 11.9. The second-order valence-corrected chi connectivity index (χ2v) is 5.79. The van der Waals surface area contributed by atoms with Gasteiger partial charge >= 0.3 is 5.97 Å². The van der Waals surface area contributed by atoms with Crippen molar-refractivity contribution in [2.24, 2.45) is 0 Å². The van der Waals surface area contributed by atoms with E-state index in [9.17, 15) is 4.79 Å². The first-order valence-electron chi connectivity index (χ1n) is 5.49. The van der Waals surface area contributed by atoms with Crippen molar-refractivity contribution in [1.82, 2.24) is 0 Å². The second kappa shape index (κ2) is 7.61. The number of benzene rings is 1. The van der Waals surface area contributed by atoms with Crippen LogP contribution >= 0.6 is 27.7 Å². The first kappa shape index (κ1) is 14.4. The Bertz CT molecular complexity index is 385. The Morgan fingerprint density at radius 3 is 2.76 bits per heavy atom. The second-order valence-electron chi connectivity index (χ2n) is 3.74. The van der Waals surface area contributed by atoms with E-state index in [2.05, 4.69) is 15.9 Å². The molecule has 0 saturated heterocycles. The predicted octanol–water partition coefficient (Wildman–Crippen LogP) is 3.77. The van der Waals surface area contributed by atoms with Gasteiger partial charge in [0, 0.05) is 21.5 Å². The molecule has 0 saturated carbocycles. The Hall–Kier alpha value is -0.680. The lowest BCUT2D eigenvalue weighted by molar-refractivity contribution is -0.137. The Morgan fingerprint density at radius 1 is 1.35 bits per heavy atom. The molecule has 0 atom stereocenters. The van der Waals surface area contributed by atoms with Gasteiger partial charge in [-0.1, -0.05) is 22.4 Å². The summed E-state index contributed by atoms with van der Waals surface area (Å²) in [6.45, 7) is 0. The number of carboxylic acid groups (broad SMARTS) is 1. The molecular formula is C12H16BrNO2S. The lowest BCUT2D eigenvalue weighted by Crippen LogP contribution is -1.94. The molecule has 1 aromatic carbocycles. The number of halogens is 1. The quantitative estimate of drug-likeness (QED) is 0.456. The number of anilines is 1. The molecular weight excluding hydrogens is 302 g/mol. The minimum Gasteiger partial charge on any atom is -0.481 e. The van der Waals surface area contributed by atoms with Gasteiger partial charge in [-0.2, -0.15) is 0 Å². The van der Waals surface area contributed by atoms with Gasteiger partial charge < -0.3 is 10.8 Å². The molecule has 94 valence electrons. The fourth-order valence-corrected chi connectivity index (χ4v) is 2.72. The van der Waals surface area contributed by atoms with Crippen LogP contribution in [0.4, 0.5) is 5.69 Å². The number of rotatable bonds is 7. The fourth-order valence-electron chi connectivity index (χ4n) is 1.39. The first-order chi connectivity index (χ1) is 8.09. The van der Waals surface area contributed by atoms with Crippen LogP contribution in [0.5, 0.6) is 0 Å². The van der Waals surface area contributed by atoms with Crippen LogP contribution in [0.1, 0.15) is 25.7 Å². The molecule has 1 rings (SSSR count). The van der Waals surface area contributed by atoms with E-state index in [-0.39, 0.29) is 6.42 Å². The van der Waals surface area contributed by atoms with Gasteiger partial charge in [0.15, 0.2) is 0 Å². The predicted molar refractivity (Wildman–Crippen MR) is 75.4 cm³/mol. The molecule has 0 radical (unpaired) electrons. The third kappa shape index (κ3) is 5.98. The van der Waals surface area contributed by atoms with Crippen molar-refractivity contribution in [3.8, 4) is 0 Å². The monoisotopic (exact) mass is 317 g/mol. The molecule has 17 heavy (non-hydrogen) atoms. The van der Waals surface area contributed by atoms with E-state index >= 15 is 0 Å². The number of nitrogens with two attached hydrogens (primary N) is 1. The maximum atomic E-state index is 10.3. The minimum atomic E-state index is -0.713. The SMILES string of the molecule is Nc1cc(Br)ccc1SCCCCCC(=O)O. The average molecular weight is 318 g/mol. The molecule has 0 aliphatic rings. The van der Waals surface area contributed by atoms with Crippen LogP contribution < -0.4 is 5.73 Å². The van der Waals surface area contributed by atoms with Crippen molar-refractivity contribution in [1.29, 1.82) is 0 Å². The van der Waals surface area contributed by atoms with Crippen molar-refractivity contribution in [2.45, 2.75) is 30.6 Å². The number of thioether (sulfide) groups is 1. The molecule has 0 fully saturated rings. The Balaban J connectivity index is 2.20. The molecule has 3 N–H and O–H groups in total. The summed E-state index contributed by atoms with van der Waals surface area (Å²) < 4.78 is 0.987. The van der Waals surface area contributed by atoms with Crippen LogP contribution in [0.25, 0.3) is 0 Å². The fraction of sp³-hybridized carbons (Fsp3) is 0.417. The van der Waals surface area contributed by atoms with Gasteiger partial charge in [-0.15, -0.1) is 11.8 Å². The highest BCUT2D eigenvalue weighted by molar-refractivity contribution is 9.10. The maximum Gasteiger partial charge on any atom is 0.303 e. The number of carboxylic acids is 1. The van der Waals surface area contributed by atoms with E-state index in [4.69, 9.17) is 10.8 Å². The van der Waals surface area contributed by atoms with Crippen molar-refractivity contribution in [3.05, 3.63) is 22.7 Å². The number of carbonyl (C=O) groups is 1. The summed E-state index contributed by atoms with van der Waals surface area (Å²) in [5, 5.41) is 8.48. The van der Waals surface area contributed by atoms with Gasteiger partial charge in [-0.05, 0) is 36.8 Å². The van der Waals surface area contributed by atoms with Crippen molar-refractivity contribution in [3.63, 3.8) is 0 Å². The molecule has 0 amide bonds. The Kier molecular flexibility index (Phi) is 6.44. The number of hydrogen-bond donors (Lipinski definition) is 2. The summed E-state index contributed by atoms with van der Waals surface area (Å²) in [7, 11) is 0. The highest BCUT2D eigenvalue weighted by Gasteiger charge is 2.01. The topological polar surface area (TPSA) is 63.3 Å². The van der Waals surface area contributed by atoms with Crippen LogP contribution in [0.15, 0.2) is 27.6 Å². The van der Waals surface area contributed by atoms with Gasteiger partial charge in [0.1, 0.15) is 0 Å². The first-order valence-corrected chi connectivity index (χ1v) is 7.27. The summed E-state index contributed by atoms with van der Waals surface area (Å²) in [4.78, 5) is 11.4. The number of aliphatic carboxylic acids is 1. The van der Waals surface area contributed by atoms with E-state index in [1.54, 1.807) is 11.8 Å². The molecule has 0 bridgehead atoms. The van der Waals surface area contributed by atoms with E-state index in [0.29, 0.717) is 0 Å². The minimum absolute atomic E-state index is 0.269. The van der Waals surface area contributed by atoms with Gasteiger partial charge in [-0.3, -0.25) is 4.79 Å². The summed E-state index contributed by atoms with van der Waals surface area (Å²) >= 11 is 5.09. The molecule has 0 aliphatic carbocycles. The highest BCUT2D eigenvalue weighted by atomic mass is 79.9. The van der Waals surface area contributed by atoms with E-state index < -0.39 is 5.97 Å². The number of nitrogen functional groups attached to an aromatic ring is 1. The molecule has 5 heteroatoms. The summed E-state index contributed by atoms with van der Waals surface area (Å²) in [6, 6.07) is 5.87. The Labute approximate surface area is 114 Å². The summed E-state index contributed by atoms with van der Waals surface area (Å²) in [5.41, 5.74) is 6.66. The third-order valence-electron chi connectivity index (χ3n) is 2.26. The molecule has 3 nitrogen and oxygen atoms in total. The van der Waals surface area contributed by atoms with Crippen molar-refractivity contribution >= 4 is 39.3 Å². The normalized spacial score (nSPS) is 10.4. The van der Waals surface area contributed by atoms with Gasteiger partial charge in [0.05, 0.1) is 0 Å². The van der Waals surface area contributed by atoms with Crippen LogP contribution in [0, 0.1) is 0 Å². The van der Waals surface area contributed by atoms with Crippen molar-refractivity contribution < 1.29 is 9.90 Å². The molecule has 1 aromatic rings. The number of hydrogen-bond acceptors (Lipinski definition) is 3. The molecule has 0 spiro atoms. The van der Waals surface area contributed by atoms with E-state index in [1.807, 2.05) is 18.2 Å². The molecule has 0 aliphatic heterocycles. The van der Waals surface area contributed by atoms with E-state index in [1.165, 1.54) is 0 Å². The molecule has 0 aromatic heterocycles. The van der Waals surface area contributed by atoms with Crippen LogP contribution in [-0.2, 0) is 4.79 Å². The standard InChI is InChI=1S/C12H16BrNO2S/c13-9-5-6-11(10(14)8-9)17-7-3-1-2-4-12(15)16/h5-6,8H,1-4,7,14H2,(H,15,16). The lowest BCUT2D eigenvalue weighted by Gasteiger charge is -2.05. The van der Waals surface area contributed by atoms with Gasteiger partial charge in [0.25, 0.3) is 0 Å². The van der Waals surface area contributed by atoms with Crippen LogP contribution in [-0.4, -0.2) is 16.8 Å². The zero-order valence-electron chi connectivity index (χ0n) is 9.49. The van der Waals surface area contributed by atoms with E-state index in [0.717, 1.165) is 40.1 Å². The molecule has 0 unspecified atom stereocenters. The zero-order chi connectivity index (χ0) is 12.7. The highest BCUT2D eigenvalue weighted by Crippen LogP contribution is 2.28. The van der Waals surface area contributed by atoms with Gasteiger partial charge in [-0.25, -0.2) is 0 Å². The summed E-state index contributed by atoms with van der Waals surface area (Å²) in [6.07, 6.45) is 3.00. The van der Waals surface area contributed by atoms with Gasteiger partial charge in [0.2, 0.25) is 0 Å². The lowest BCUT2D eigenvalue weighted by atomic mass is 10.2. The number of unbranched alkanes of at least 4 members (excludes halogenated alkanes) is 2. The smallest absolute Gasteiger partial charge is 0.303 e. The maximum absolute atomic E-state index is 10.3. The average Bonchev–Trinajstić information content (AvgIpc) is 2.25. The molecule has 0 heterocycles. The third-order valence-corrected chi connectivity index (χ3v) is 3.93. The van der Waals surface area contributed by atoms with Crippen LogP contribution in [0.2, 0.25) is 0 Å². The van der Waals surface area contributed by atoms with Crippen LogP contribution in [0.3, 0.4) is 0 Å². The van der Waals surface area contributed by atoms with Crippen molar-refractivity contribution in [2.75, 3.05) is 11.5 Å². The Morgan fingerprint density at radius 2 is 2.12 bits per heavy atom. The summed E-state index contributed by atoms with van der Waals surface area (Å²) in [5.74, 6) is 0.264. The largest absolute Gasteiger partial charge is 0.481 e.